The largest absolute Gasteiger partial charge is 0.365 e. The van der Waals surface area contributed by atoms with Crippen LogP contribution in [0.4, 0.5) is 5.69 Å². The molecule has 0 spiro atoms. The van der Waals surface area contributed by atoms with Crippen LogP contribution in [0.3, 0.4) is 0 Å². The summed E-state index contributed by atoms with van der Waals surface area (Å²) in [4.78, 5) is 8.49. The van der Waals surface area contributed by atoms with E-state index in [1.165, 1.54) is 35.3 Å². The number of nitrogens with zero attached hydrogens (tertiary/aromatic N) is 3. The van der Waals surface area contributed by atoms with Crippen molar-refractivity contribution >= 4 is 22.0 Å². The van der Waals surface area contributed by atoms with E-state index in [0.717, 1.165) is 23.7 Å². The van der Waals surface area contributed by atoms with Crippen LogP contribution in [0.1, 0.15) is 17.7 Å². The van der Waals surface area contributed by atoms with Crippen LogP contribution in [0.15, 0.2) is 66.2 Å². The maximum absolute atomic E-state index is 4.92. The van der Waals surface area contributed by atoms with Crippen LogP contribution in [0.5, 0.6) is 0 Å². The van der Waals surface area contributed by atoms with Crippen LogP contribution in [0, 0.1) is 0 Å². The van der Waals surface area contributed by atoms with E-state index in [2.05, 4.69) is 75.5 Å². The first-order valence-corrected chi connectivity index (χ1v) is 9.61. The summed E-state index contributed by atoms with van der Waals surface area (Å²) in [5.41, 5.74) is 6.41. The van der Waals surface area contributed by atoms with E-state index in [1.54, 1.807) is 11.3 Å². The van der Waals surface area contributed by atoms with Crippen LogP contribution in [0.25, 0.3) is 16.2 Å². The Morgan fingerprint density at radius 3 is 2.76 bits per heavy atom. The topological polar surface area (TPSA) is 20.5 Å². The molecule has 0 saturated carbocycles. The third-order valence-corrected chi connectivity index (χ3v) is 5.71. The van der Waals surface area contributed by atoms with Gasteiger partial charge in [0.05, 0.1) is 17.9 Å². The number of aryl methyl sites for hydroxylation is 1. The molecule has 2 aromatic heterocycles. The Balaban J connectivity index is 1.61. The summed E-state index contributed by atoms with van der Waals surface area (Å²) >= 11 is 1.70. The highest BCUT2D eigenvalue weighted by molar-refractivity contribution is 7.15. The van der Waals surface area contributed by atoms with Gasteiger partial charge in [-0.2, -0.15) is 0 Å². The van der Waals surface area contributed by atoms with E-state index in [9.17, 15) is 0 Å². The fraction of sp³-hybridized carbons (Fsp3) is 0.190. The van der Waals surface area contributed by atoms with Gasteiger partial charge in [0, 0.05) is 29.4 Å². The summed E-state index contributed by atoms with van der Waals surface area (Å²) in [7, 11) is 0. The Bertz CT molecular complexity index is 1020. The lowest BCUT2D eigenvalue weighted by Crippen LogP contribution is -2.29. The number of aromatic nitrogens is 2. The lowest BCUT2D eigenvalue weighted by molar-refractivity contribution is 0.682. The Morgan fingerprint density at radius 1 is 1.00 bits per heavy atom. The molecule has 3 heterocycles. The van der Waals surface area contributed by atoms with Gasteiger partial charge in [-0.1, -0.05) is 48.5 Å². The first kappa shape index (κ1) is 14.7. The van der Waals surface area contributed by atoms with Gasteiger partial charge < -0.3 is 4.90 Å². The van der Waals surface area contributed by atoms with Gasteiger partial charge in [-0.05, 0) is 24.5 Å². The number of anilines is 1. The van der Waals surface area contributed by atoms with Crippen molar-refractivity contribution in [3.8, 4) is 11.3 Å². The molecule has 0 bridgehead atoms. The van der Waals surface area contributed by atoms with Crippen molar-refractivity contribution in [2.75, 3.05) is 11.4 Å². The number of hydrogen-bond acceptors (Lipinski definition) is 3. The lowest BCUT2D eigenvalue weighted by atomic mass is 10.0. The molecular formula is C21H19N3S. The Hall–Kier alpha value is -2.59. The van der Waals surface area contributed by atoms with Crippen molar-refractivity contribution in [1.82, 2.24) is 9.38 Å². The van der Waals surface area contributed by atoms with Crippen molar-refractivity contribution in [3.05, 3.63) is 77.4 Å². The minimum absolute atomic E-state index is 0.888. The molecule has 124 valence electrons. The van der Waals surface area contributed by atoms with Gasteiger partial charge in [0.25, 0.3) is 0 Å². The van der Waals surface area contributed by atoms with Crippen molar-refractivity contribution < 1.29 is 0 Å². The van der Waals surface area contributed by atoms with E-state index < -0.39 is 0 Å². The lowest BCUT2D eigenvalue weighted by Gasteiger charge is -2.31. The molecule has 4 heteroatoms. The highest BCUT2D eigenvalue weighted by Gasteiger charge is 2.21. The number of hydrogen-bond donors (Lipinski definition) is 0. The van der Waals surface area contributed by atoms with E-state index in [1.807, 2.05) is 0 Å². The maximum atomic E-state index is 4.92. The zero-order valence-corrected chi connectivity index (χ0v) is 14.7. The average Bonchev–Trinajstić information content (AvgIpc) is 3.25. The van der Waals surface area contributed by atoms with Gasteiger partial charge in [0.15, 0.2) is 4.96 Å². The second kappa shape index (κ2) is 6.05. The predicted molar refractivity (Wildman–Crippen MR) is 104 cm³/mol. The quantitative estimate of drug-likeness (QED) is 0.520. The molecule has 0 radical (unpaired) electrons. The van der Waals surface area contributed by atoms with E-state index in [4.69, 9.17) is 4.98 Å². The summed E-state index contributed by atoms with van der Waals surface area (Å²) in [6.45, 7) is 1.99. The average molecular weight is 345 g/mol. The van der Waals surface area contributed by atoms with Crippen LogP contribution >= 0.6 is 11.3 Å². The van der Waals surface area contributed by atoms with Gasteiger partial charge in [0.1, 0.15) is 0 Å². The first-order valence-electron chi connectivity index (χ1n) is 8.73. The molecule has 25 heavy (non-hydrogen) atoms. The molecule has 0 unspecified atom stereocenters. The van der Waals surface area contributed by atoms with Gasteiger partial charge in [-0.3, -0.25) is 4.40 Å². The third-order valence-electron chi connectivity index (χ3n) is 4.96. The number of thiazole rings is 1. The van der Waals surface area contributed by atoms with Crippen molar-refractivity contribution in [2.24, 2.45) is 0 Å². The Kier molecular flexibility index (Phi) is 3.56. The van der Waals surface area contributed by atoms with E-state index >= 15 is 0 Å². The smallest absolute Gasteiger partial charge is 0.194 e. The molecule has 4 aromatic rings. The highest BCUT2D eigenvalue weighted by atomic mass is 32.1. The fourth-order valence-electron chi connectivity index (χ4n) is 3.77. The minimum Gasteiger partial charge on any atom is -0.365 e. The number of fused-ring (bicyclic) bond motifs is 2. The molecule has 5 rings (SSSR count). The maximum Gasteiger partial charge on any atom is 0.194 e. The van der Waals surface area contributed by atoms with Crippen molar-refractivity contribution in [2.45, 2.75) is 19.4 Å². The van der Waals surface area contributed by atoms with Crippen LogP contribution in [-0.4, -0.2) is 15.9 Å². The van der Waals surface area contributed by atoms with Crippen LogP contribution < -0.4 is 4.90 Å². The van der Waals surface area contributed by atoms with Gasteiger partial charge in [0.2, 0.25) is 0 Å². The van der Waals surface area contributed by atoms with Crippen molar-refractivity contribution in [1.29, 1.82) is 0 Å². The number of benzene rings is 2. The molecule has 0 atom stereocenters. The summed E-state index contributed by atoms with van der Waals surface area (Å²) in [5.74, 6) is 0. The standard InChI is InChI=1S/C21H19N3S/c1-2-8-17(9-3-1)20-19(24-13-14-25-21(24)22-20)15-23-12-6-10-16-7-4-5-11-18(16)23/h1-5,7-9,11,13-14H,6,10,12,15H2. The summed E-state index contributed by atoms with van der Waals surface area (Å²) in [5, 5.41) is 2.12. The summed E-state index contributed by atoms with van der Waals surface area (Å²) in [6, 6.07) is 19.3. The normalized spacial score (nSPS) is 14.0. The highest BCUT2D eigenvalue weighted by Crippen LogP contribution is 2.32. The van der Waals surface area contributed by atoms with Crippen LogP contribution in [-0.2, 0) is 13.0 Å². The van der Waals surface area contributed by atoms with E-state index in [-0.39, 0.29) is 0 Å². The third kappa shape index (κ3) is 2.53. The molecule has 3 nitrogen and oxygen atoms in total. The van der Waals surface area contributed by atoms with Crippen LogP contribution in [0.2, 0.25) is 0 Å². The molecular weight excluding hydrogens is 326 g/mol. The molecule has 0 amide bonds. The molecule has 0 fully saturated rings. The zero-order valence-electron chi connectivity index (χ0n) is 13.9. The monoisotopic (exact) mass is 345 g/mol. The molecule has 0 N–H and O–H groups in total. The molecule has 2 aromatic carbocycles. The second-order valence-electron chi connectivity index (χ2n) is 6.48. The Morgan fingerprint density at radius 2 is 1.84 bits per heavy atom. The predicted octanol–water partition coefficient (Wildman–Crippen LogP) is 5.02. The second-order valence-corrected chi connectivity index (χ2v) is 7.36. The van der Waals surface area contributed by atoms with Crippen molar-refractivity contribution in [3.63, 3.8) is 0 Å². The fourth-order valence-corrected chi connectivity index (χ4v) is 4.50. The number of rotatable bonds is 3. The van der Waals surface area contributed by atoms with Gasteiger partial charge >= 0.3 is 0 Å². The molecule has 0 aliphatic carbocycles. The molecule has 1 aliphatic heterocycles. The molecule has 0 saturated heterocycles. The number of imidazole rings is 1. The molecule has 1 aliphatic rings. The van der Waals surface area contributed by atoms with Gasteiger partial charge in [-0.25, -0.2) is 4.98 Å². The Labute approximate surface area is 151 Å². The van der Waals surface area contributed by atoms with Gasteiger partial charge in [-0.15, -0.1) is 11.3 Å². The summed E-state index contributed by atoms with van der Waals surface area (Å²) < 4.78 is 2.25. The summed E-state index contributed by atoms with van der Waals surface area (Å²) in [6.07, 6.45) is 4.53. The first-order chi connectivity index (χ1) is 12.4. The minimum atomic E-state index is 0.888. The zero-order chi connectivity index (χ0) is 16.6. The van der Waals surface area contributed by atoms with E-state index in [0.29, 0.717) is 0 Å². The number of para-hydroxylation sites is 1. The SMILES string of the molecule is c1ccc(-c2nc3sccn3c2CN2CCCc3ccccc32)cc1.